The van der Waals surface area contributed by atoms with Gasteiger partial charge in [-0.05, 0) is 46.3 Å². The van der Waals surface area contributed by atoms with Crippen LogP contribution in [0.2, 0.25) is 0 Å². The molecule has 0 aromatic carbocycles. The zero-order valence-corrected chi connectivity index (χ0v) is 10.4. The monoisotopic (exact) mass is 201 g/mol. The summed E-state index contributed by atoms with van der Waals surface area (Å²) in [5, 5.41) is 0. The highest BCUT2D eigenvalue weighted by Gasteiger charge is 2.05. The van der Waals surface area contributed by atoms with Crippen LogP contribution in [-0.2, 0) is 4.74 Å². The van der Waals surface area contributed by atoms with Gasteiger partial charge in [-0.1, -0.05) is 19.8 Å². The van der Waals surface area contributed by atoms with E-state index < -0.39 is 0 Å². The van der Waals surface area contributed by atoms with E-state index >= 15 is 0 Å². The van der Waals surface area contributed by atoms with Crippen LogP contribution < -0.4 is 0 Å². The fourth-order valence-corrected chi connectivity index (χ4v) is 1.61. The van der Waals surface area contributed by atoms with E-state index in [9.17, 15) is 0 Å². The Bertz CT molecular complexity index is 115. The molecule has 2 heteroatoms. The van der Waals surface area contributed by atoms with Crippen LogP contribution in [0.5, 0.6) is 0 Å². The Morgan fingerprint density at radius 2 is 1.71 bits per heavy atom. The van der Waals surface area contributed by atoms with Gasteiger partial charge in [0.15, 0.2) is 0 Å². The SMILES string of the molecule is CCCC[C@H](CCCCN(C)C)OC. The molecule has 1 atom stereocenters. The van der Waals surface area contributed by atoms with Crippen molar-refractivity contribution in [2.45, 2.75) is 51.6 Å². The van der Waals surface area contributed by atoms with Crippen molar-refractivity contribution in [1.82, 2.24) is 4.90 Å². The number of hydrogen-bond donors (Lipinski definition) is 0. The normalized spacial score (nSPS) is 13.5. The summed E-state index contributed by atoms with van der Waals surface area (Å²) in [6, 6.07) is 0. The molecule has 2 nitrogen and oxygen atoms in total. The van der Waals surface area contributed by atoms with Crippen LogP contribution in [0.25, 0.3) is 0 Å². The molecule has 0 heterocycles. The van der Waals surface area contributed by atoms with E-state index in [1.54, 1.807) is 0 Å². The summed E-state index contributed by atoms with van der Waals surface area (Å²) in [7, 11) is 6.10. The summed E-state index contributed by atoms with van der Waals surface area (Å²) in [6.07, 6.45) is 8.11. The van der Waals surface area contributed by atoms with E-state index in [2.05, 4.69) is 25.9 Å². The van der Waals surface area contributed by atoms with Crippen molar-refractivity contribution in [2.24, 2.45) is 0 Å². The van der Waals surface area contributed by atoms with Gasteiger partial charge in [-0.3, -0.25) is 0 Å². The standard InChI is InChI=1S/C12H27NO/c1-5-6-9-12(14-4)10-7-8-11-13(2)3/h12H,5-11H2,1-4H3/t12-/m1/s1. The lowest BCUT2D eigenvalue weighted by molar-refractivity contribution is 0.0833. The largest absolute Gasteiger partial charge is 0.381 e. The van der Waals surface area contributed by atoms with Crippen LogP contribution in [0, 0.1) is 0 Å². The first-order valence-corrected chi connectivity index (χ1v) is 5.88. The van der Waals surface area contributed by atoms with Gasteiger partial charge in [-0.25, -0.2) is 0 Å². The maximum Gasteiger partial charge on any atom is 0.0571 e. The van der Waals surface area contributed by atoms with E-state index in [4.69, 9.17) is 4.74 Å². The lowest BCUT2D eigenvalue weighted by Crippen LogP contribution is -2.15. The molecule has 0 spiro atoms. The number of nitrogens with zero attached hydrogens (tertiary/aromatic N) is 1. The molecule has 0 rings (SSSR count). The first kappa shape index (κ1) is 13.9. The molecule has 0 aliphatic heterocycles. The van der Waals surface area contributed by atoms with Gasteiger partial charge in [-0.15, -0.1) is 0 Å². The van der Waals surface area contributed by atoms with Gasteiger partial charge >= 0.3 is 0 Å². The zero-order chi connectivity index (χ0) is 10.8. The van der Waals surface area contributed by atoms with Gasteiger partial charge in [0.05, 0.1) is 6.10 Å². The summed E-state index contributed by atoms with van der Waals surface area (Å²) in [4.78, 5) is 2.24. The van der Waals surface area contributed by atoms with Crippen molar-refractivity contribution in [3.63, 3.8) is 0 Å². The molecular formula is C12H27NO. The minimum atomic E-state index is 0.497. The fourth-order valence-electron chi connectivity index (χ4n) is 1.61. The van der Waals surface area contributed by atoms with E-state index in [0.29, 0.717) is 6.10 Å². The average Bonchev–Trinajstić information content (AvgIpc) is 2.16. The van der Waals surface area contributed by atoms with Gasteiger partial charge in [-0.2, -0.15) is 0 Å². The second-order valence-corrected chi connectivity index (χ2v) is 4.30. The topological polar surface area (TPSA) is 12.5 Å². The summed E-state index contributed by atoms with van der Waals surface area (Å²) in [5.74, 6) is 0. The smallest absolute Gasteiger partial charge is 0.0571 e. The number of rotatable bonds is 9. The molecule has 0 aromatic heterocycles. The van der Waals surface area contributed by atoms with Crippen molar-refractivity contribution >= 4 is 0 Å². The fraction of sp³-hybridized carbons (Fsp3) is 1.00. The Balaban J connectivity index is 3.33. The van der Waals surface area contributed by atoms with Crippen LogP contribution in [0.3, 0.4) is 0 Å². The van der Waals surface area contributed by atoms with Crippen molar-refractivity contribution in [3.8, 4) is 0 Å². The van der Waals surface area contributed by atoms with E-state index in [1.165, 1.54) is 45.1 Å². The second kappa shape index (κ2) is 9.47. The highest BCUT2D eigenvalue weighted by atomic mass is 16.5. The molecule has 0 fully saturated rings. The third-order valence-corrected chi connectivity index (χ3v) is 2.59. The molecule has 0 aliphatic rings. The molecule has 0 N–H and O–H groups in total. The first-order valence-electron chi connectivity index (χ1n) is 5.88. The third-order valence-electron chi connectivity index (χ3n) is 2.59. The third kappa shape index (κ3) is 8.52. The van der Waals surface area contributed by atoms with Gasteiger partial charge in [0.25, 0.3) is 0 Å². The van der Waals surface area contributed by atoms with Crippen LogP contribution in [0.15, 0.2) is 0 Å². The van der Waals surface area contributed by atoms with Crippen molar-refractivity contribution < 1.29 is 4.74 Å². The van der Waals surface area contributed by atoms with Crippen molar-refractivity contribution in [2.75, 3.05) is 27.7 Å². The molecule has 0 saturated carbocycles. The first-order chi connectivity index (χ1) is 6.70. The molecular weight excluding hydrogens is 174 g/mol. The van der Waals surface area contributed by atoms with Crippen LogP contribution in [-0.4, -0.2) is 38.8 Å². The predicted molar refractivity (Wildman–Crippen MR) is 62.7 cm³/mol. The highest BCUT2D eigenvalue weighted by molar-refractivity contribution is 4.58. The van der Waals surface area contributed by atoms with Crippen molar-refractivity contribution in [3.05, 3.63) is 0 Å². The van der Waals surface area contributed by atoms with Crippen LogP contribution >= 0.6 is 0 Å². The lowest BCUT2D eigenvalue weighted by atomic mass is 10.1. The Morgan fingerprint density at radius 1 is 1.07 bits per heavy atom. The Hall–Kier alpha value is -0.0800. The summed E-state index contributed by atoms with van der Waals surface area (Å²) < 4.78 is 5.45. The van der Waals surface area contributed by atoms with Crippen LogP contribution in [0.4, 0.5) is 0 Å². The molecule has 0 aliphatic carbocycles. The van der Waals surface area contributed by atoms with Crippen molar-refractivity contribution in [1.29, 1.82) is 0 Å². The van der Waals surface area contributed by atoms with E-state index in [-0.39, 0.29) is 0 Å². The predicted octanol–water partition coefficient (Wildman–Crippen LogP) is 2.92. The average molecular weight is 201 g/mol. The lowest BCUT2D eigenvalue weighted by Gasteiger charge is -2.15. The number of methoxy groups -OCH3 is 1. The Kier molecular flexibility index (Phi) is 9.42. The number of hydrogen-bond acceptors (Lipinski definition) is 2. The maximum absolute atomic E-state index is 5.45. The molecule has 14 heavy (non-hydrogen) atoms. The summed E-state index contributed by atoms with van der Waals surface area (Å²) in [6.45, 7) is 3.43. The molecule has 0 aromatic rings. The molecule has 86 valence electrons. The second-order valence-electron chi connectivity index (χ2n) is 4.30. The van der Waals surface area contributed by atoms with Crippen LogP contribution in [0.1, 0.15) is 45.4 Å². The number of ether oxygens (including phenoxy) is 1. The molecule has 0 amide bonds. The zero-order valence-electron chi connectivity index (χ0n) is 10.4. The minimum Gasteiger partial charge on any atom is -0.381 e. The quantitative estimate of drug-likeness (QED) is 0.532. The van der Waals surface area contributed by atoms with Gasteiger partial charge in [0.2, 0.25) is 0 Å². The Morgan fingerprint density at radius 3 is 2.21 bits per heavy atom. The summed E-state index contributed by atoms with van der Waals surface area (Å²) >= 11 is 0. The maximum atomic E-state index is 5.45. The highest BCUT2D eigenvalue weighted by Crippen LogP contribution is 2.11. The van der Waals surface area contributed by atoms with E-state index in [0.717, 1.165) is 0 Å². The molecule has 0 unspecified atom stereocenters. The number of unbranched alkanes of at least 4 members (excludes halogenated alkanes) is 2. The van der Waals surface area contributed by atoms with Gasteiger partial charge < -0.3 is 9.64 Å². The van der Waals surface area contributed by atoms with Gasteiger partial charge in [0, 0.05) is 7.11 Å². The molecule has 0 bridgehead atoms. The van der Waals surface area contributed by atoms with Gasteiger partial charge in [0.1, 0.15) is 0 Å². The molecule has 0 saturated heterocycles. The Labute approximate surface area is 89.6 Å². The molecule has 0 radical (unpaired) electrons. The minimum absolute atomic E-state index is 0.497. The van der Waals surface area contributed by atoms with E-state index in [1.807, 2.05) is 7.11 Å². The summed E-state index contributed by atoms with van der Waals surface area (Å²) in [5.41, 5.74) is 0.